The summed E-state index contributed by atoms with van der Waals surface area (Å²) in [5.74, 6) is -0.920. The molecule has 2 aromatic rings. The Labute approximate surface area is 152 Å². The summed E-state index contributed by atoms with van der Waals surface area (Å²) in [7, 11) is 0. The van der Waals surface area contributed by atoms with Crippen molar-refractivity contribution in [3.05, 3.63) is 51.2 Å². The highest BCUT2D eigenvalue weighted by molar-refractivity contribution is 7.17. The summed E-state index contributed by atoms with van der Waals surface area (Å²) in [6.07, 6.45) is 1.42. The van der Waals surface area contributed by atoms with Gasteiger partial charge in [-0.05, 0) is 37.3 Å². The molecular weight excluding hydrogens is 364 g/mol. The van der Waals surface area contributed by atoms with Crippen LogP contribution in [0.2, 0.25) is 4.34 Å². The Kier molecular flexibility index (Phi) is 4.87. The van der Waals surface area contributed by atoms with E-state index in [0.29, 0.717) is 27.3 Å². The van der Waals surface area contributed by atoms with Crippen molar-refractivity contribution in [2.45, 2.75) is 6.92 Å². The number of nitrogens with one attached hydrogen (secondary N) is 1. The molecule has 1 saturated heterocycles. The van der Waals surface area contributed by atoms with Crippen LogP contribution < -0.4 is 15.0 Å². The van der Waals surface area contributed by atoms with Gasteiger partial charge in [-0.2, -0.15) is 0 Å². The zero-order valence-corrected chi connectivity index (χ0v) is 14.7. The first-order valence-corrected chi connectivity index (χ1v) is 8.58. The average molecular weight is 377 g/mol. The van der Waals surface area contributed by atoms with Gasteiger partial charge < -0.3 is 4.74 Å². The molecule has 1 fully saturated rings. The van der Waals surface area contributed by atoms with E-state index < -0.39 is 17.8 Å². The van der Waals surface area contributed by atoms with Crippen LogP contribution in [0.15, 0.2) is 42.0 Å². The van der Waals surface area contributed by atoms with Crippen LogP contribution in [0.5, 0.6) is 5.75 Å². The second-order valence-electron chi connectivity index (χ2n) is 5.03. The molecule has 1 aromatic carbocycles. The van der Waals surface area contributed by atoms with Crippen molar-refractivity contribution < 1.29 is 19.1 Å². The molecule has 1 aliphatic heterocycles. The van der Waals surface area contributed by atoms with Gasteiger partial charge in [-0.1, -0.05) is 17.7 Å². The summed E-state index contributed by atoms with van der Waals surface area (Å²) in [6, 6.07) is 9.10. The van der Waals surface area contributed by atoms with Crippen molar-refractivity contribution >= 4 is 52.5 Å². The minimum Gasteiger partial charge on any atom is -0.494 e. The van der Waals surface area contributed by atoms with Crippen LogP contribution in [0.4, 0.5) is 10.5 Å². The number of hydrogen-bond donors (Lipinski definition) is 1. The van der Waals surface area contributed by atoms with E-state index >= 15 is 0 Å². The molecule has 4 amide bonds. The number of hydrogen-bond acceptors (Lipinski definition) is 5. The van der Waals surface area contributed by atoms with Crippen LogP contribution in [-0.4, -0.2) is 24.5 Å². The summed E-state index contributed by atoms with van der Waals surface area (Å²) in [5.41, 5.74) is 0.177. The number of benzene rings is 1. The largest absolute Gasteiger partial charge is 0.494 e. The molecule has 128 valence electrons. The highest BCUT2D eigenvalue weighted by atomic mass is 35.5. The molecule has 25 heavy (non-hydrogen) atoms. The van der Waals surface area contributed by atoms with Gasteiger partial charge in [0.2, 0.25) is 0 Å². The smallest absolute Gasteiger partial charge is 0.335 e. The number of ether oxygens (including phenoxy) is 1. The highest BCUT2D eigenvalue weighted by Crippen LogP contribution is 2.28. The van der Waals surface area contributed by atoms with Gasteiger partial charge in [-0.15, -0.1) is 11.3 Å². The molecule has 1 aliphatic rings. The van der Waals surface area contributed by atoms with E-state index in [9.17, 15) is 14.4 Å². The van der Waals surface area contributed by atoms with Gasteiger partial charge in [0.25, 0.3) is 11.8 Å². The Bertz CT molecular complexity index is 890. The van der Waals surface area contributed by atoms with Crippen LogP contribution in [-0.2, 0) is 9.59 Å². The molecule has 1 aromatic heterocycles. The maximum absolute atomic E-state index is 12.7. The summed E-state index contributed by atoms with van der Waals surface area (Å²) in [4.78, 5) is 38.5. The fourth-order valence-corrected chi connectivity index (χ4v) is 3.32. The number of thiophene rings is 1. The minimum atomic E-state index is -0.801. The SMILES string of the molecule is CCOc1cccc(N2C(=O)NC(=O)/C(=C\c3ccc(Cl)s3)C2=O)c1. The molecule has 0 unspecified atom stereocenters. The maximum Gasteiger partial charge on any atom is 0.335 e. The third kappa shape index (κ3) is 3.57. The number of nitrogens with zero attached hydrogens (tertiary/aromatic N) is 1. The molecule has 1 N–H and O–H groups in total. The number of carbonyl (C=O) groups excluding carboxylic acids is 3. The molecule has 0 bridgehead atoms. The van der Waals surface area contributed by atoms with Gasteiger partial charge in [-0.25, -0.2) is 9.69 Å². The van der Waals surface area contributed by atoms with E-state index in [-0.39, 0.29) is 5.57 Å². The second kappa shape index (κ2) is 7.08. The number of carbonyl (C=O) groups is 3. The molecule has 8 heteroatoms. The Morgan fingerprint density at radius 1 is 1.24 bits per heavy atom. The van der Waals surface area contributed by atoms with Crippen molar-refractivity contribution in [3.63, 3.8) is 0 Å². The van der Waals surface area contributed by atoms with Crippen LogP contribution in [0.25, 0.3) is 6.08 Å². The lowest BCUT2D eigenvalue weighted by molar-refractivity contribution is -0.122. The maximum atomic E-state index is 12.7. The molecule has 0 saturated carbocycles. The second-order valence-corrected chi connectivity index (χ2v) is 6.78. The van der Waals surface area contributed by atoms with E-state index in [1.54, 1.807) is 36.4 Å². The Morgan fingerprint density at radius 2 is 2.04 bits per heavy atom. The first-order valence-electron chi connectivity index (χ1n) is 7.39. The van der Waals surface area contributed by atoms with E-state index in [4.69, 9.17) is 16.3 Å². The Hall–Kier alpha value is -2.64. The zero-order valence-electron chi connectivity index (χ0n) is 13.1. The lowest BCUT2D eigenvalue weighted by atomic mass is 10.1. The Morgan fingerprint density at radius 3 is 2.72 bits per heavy atom. The zero-order chi connectivity index (χ0) is 18.0. The van der Waals surface area contributed by atoms with Gasteiger partial charge >= 0.3 is 6.03 Å². The molecule has 0 atom stereocenters. The number of imide groups is 2. The minimum absolute atomic E-state index is 0.139. The third-order valence-corrected chi connectivity index (χ3v) is 4.55. The predicted octanol–water partition coefficient (Wildman–Crippen LogP) is 3.47. The first kappa shape index (κ1) is 17.2. The summed E-state index contributed by atoms with van der Waals surface area (Å²) in [5, 5.41) is 2.18. The van der Waals surface area contributed by atoms with Gasteiger partial charge in [0, 0.05) is 10.9 Å². The number of urea groups is 1. The molecule has 0 radical (unpaired) electrons. The van der Waals surface area contributed by atoms with Gasteiger partial charge in [0.05, 0.1) is 16.6 Å². The lowest BCUT2D eigenvalue weighted by Gasteiger charge is -2.26. The average Bonchev–Trinajstić information content (AvgIpc) is 2.97. The fourth-order valence-electron chi connectivity index (χ4n) is 2.32. The Balaban J connectivity index is 1.98. The van der Waals surface area contributed by atoms with Gasteiger partial charge in [-0.3, -0.25) is 14.9 Å². The van der Waals surface area contributed by atoms with Crippen LogP contribution in [0, 0.1) is 0 Å². The monoisotopic (exact) mass is 376 g/mol. The number of halogens is 1. The summed E-state index contributed by atoms with van der Waals surface area (Å²) < 4.78 is 5.93. The van der Waals surface area contributed by atoms with E-state index in [2.05, 4.69) is 5.32 Å². The normalized spacial score (nSPS) is 16.3. The van der Waals surface area contributed by atoms with Crippen molar-refractivity contribution in [3.8, 4) is 5.75 Å². The van der Waals surface area contributed by atoms with Crippen molar-refractivity contribution in [2.24, 2.45) is 0 Å². The number of anilines is 1. The molecule has 3 rings (SSSR count). The third-order valence-electron chi connectivity index (χ3n) is 3.37. The quantitative estimate of drug-likeness (QED) is 0.654. The van der Waals surface area contributed by atoms with Crippen molar-refractivity contribution in [1.29, 1.82) is 0 Å². The molecule has 2 heterocycles. The lowest BCUT2D eigenvalue weighted by Crippen LogP contribution is -2.54. The first-order chi connectivity index (χ1) is 12.0. The summed E-state index contributed by atoms with van der Waals surface area (Å²) in [6.45, 7) is 2.28. The van der Waals surface area contributed by atoms with E-state index in [1.165, 1.54) is 17.4 Å². The molecule has 0 spiro atoms. The molecule has 0 aliphatic carbocycles. The van der Waals surface area contributed by atoms with Crippen molar-refractivity contribution in [2.75, 3.05) is 11.5 Å². The van der Waals surface area contributed by atoms with Crippen LogP contribution in [0.3, 0.4) is 0 Å². The highest BCUT2D eigenvalue weighted by Gasteiger charge is 2.37. The van der Waals surface area contributed by atoms with E-state index in [1.807, 2.05) is 6.92 Å². The topological polar surface area (TPSA) is 75.7 Å². The van der Waals surface area contributed by atoms with Crippen LogP contribution >= 0.6 is 22.9 Å². The van der Waals surface area contributed by atoms with Gasteiger partial charge in [0.1, 0.15) is 11.3 Å². The van der Waals surface area contributed by atoms with Crippen LogP contribution in [0.1, 0.15) is 11.8 Å². The fraction of sp³-hybridized carbons (Fsp3) is 0.118. The number of amides is 4. The number of rotatable bonds is 4. The predicted molar refractivity (Wildman–Crippen MR) is 95.9 cm³/mol. The number of barbiturate groups is 1. The summed E-state index contributed by atoms with van der Waals surface area (Å²) >= 11 is 7.10. The molecule has 6 nitrogen and oxygen atoms in total. The molecular formula is C17H13ClN2O4S. The van der Waals surface area contributed by atoms with Crippen molar-refractivity contribution in [1.82, 2.24) is 5.32 Å². The van der Waals surface area contributed by atoms with Gasteiger partial charge in [0.15, 0.2) is 0 Å². The van der Waals surface area contributed by atoms with E-state index in [0.717, 1.165) is 4.90 Å². The standard InChI is InChI=1S/C17H13ClN2O4S/c1-2-24-11-5-3-4-10(8-11)20-16(22)13(15(21)19-17(20)23)9-12-6-7-14(18)25-12/h3-9H,2H2,1H3,(H,19,21,23)/b13-9+.